The number of carbonyl (C=O) groups is 3. The fourth-order valence-electron chi connectivity index (χ4n) is 2.82. The number of hydrogen-bond donors (Lipinski definition) is 6. The van der Waals surface area contributed by atoms with Crippen molar-refractivity contribution in [2.75, 3.05) is 25.4 Å². The summed E-state index contributed by atoms with van der Waals surface area (Å²) < 4.78 is 0. The maximum Gasteiger partial charge on any atom is 0.315 e. The molecule has 3 amide bonds. The maximum atomic E-state index is 11.1. The second-order valence-electron chi connectivity index (χ2n) is 6.69. The first-order valence-corrected chi connectivity index (χ1v) is 11.0. The number of hydrogen-bond acceptors (Lipinski definition) is 7. The molecule has 0 aromatic rings. The first-order chi connectivity index (χ1) is 14.4. The number of carboxylic acid groups (broad SMARTS) is 1. The number of rotatable bonds is 10. The van der Waals surface area contributed by atoms with Crippen molar-refractivity contribution in [2.24, 2.45) is 22.3 Å². The summed E-state index contributed by atoms with van der Waals surface area (Å²) in [5, 5.41) is 17.4. The van der Waals surface area contributed by atoms with Crippen LogP contribution in [0.2, 0.25) is 0 Å². The Balaban J connectivity index is 0.000000503. The number of carboxylic acids is 1. The minimum absolute atomic E-state index is 0.0640. The number of unbranched alkanes of at least 4 members (excludes halogenated alkanes) is 3. The van der Waals surface area contributed by atoms with Crippen LogP contribution >= 0.6 is 11.8 Å². The van der Waals surface area contributed by atoms with E-state index in [-0.39, 0.29) is 31.1 Å². The zero-order chi connectivity index (χ0) is 22.8. The number of aliphatic carboxylic acids is 1. The van der Waals surface area contributed by atoms with Crippen LogP contribution in [-0.2, 0) is 9.59 Å². The minimum atomic E-state index is -0.729. The highest BCUT2D eigenvalue weighted by Gasteiger charge is 2.42. The highest BCUT2D eigenvalue weighted by Crippen LogP contribution is 2.33. The Hall–Kier alpha value is -2.05. The lowest BCUT2D eigenvalue weighted by Crippen LogP contribution is -2.36. The third-order valence-electron chi connectivity index (χ3n) is 4.31. The van der Waals surface area contributed by atoms with E-state index in [1.807, 2.05) is 11.8 Å². The van der Waals surface area contributed by atoms with E-state index in [1.165, 1.54) is 6.42 Å². The largest absolute Gasteiger partial charge is 0.481 e. The average molecular weight is 447 g/mol. The van der Waals surface area contributed by atoms with Gasteiger partial charge >= 0.3 is 12.0 Å². The van der Waals surface area contributed by atoms with Gasteiger partial charge in [-0.05, 0) is 49.4 Å². The van der Waals surface area contributed by atoms with E-state index < -0.39 is 11.9 Å². The van der Waals surface area contributed by atoms with Gasteiger partial charge in [-0.1, -0.05) is 12.8 Å². The van der Waals surface area contributed by atoms with Crippen molar-refractivity contribution < 1.29 is 19.5 Å². The molecule has 2 heterocycles. The van der Waals surface area contributed by atoms with Gasteiger partial charge in [0.2, 0.25) is 5.91 Å². The molecule has 2 rings (SSSR count). The summed E-state index contributed by atoms with van der Waals surface area (Å²) in [4.78, 5) is 33.5. The SMILES string of the molecule is NCCCCCN.O=C(O)CCCC[C@@H]1SC[C@@H]2NC(=O)N[C@@H]21.[N-]=[N+]=NC(=O)CN. The third kappa shape index (κ3) is 13.2. The highest BCUT2D eigenvalue weighted by molar-refractivity contribution is 8.00. The molecule has 0 aromatic carbocycles. The molecule has 30 heavy (non-hydrogen) atoms. The molecule has 2 fully saturated rings. The summed E-state index contributed by atoms with van der Waals surface area (Å²) >= 11 is 1.87. The monoisotopic (exact) mass is 446 g/mol. The van der Waals surface area contributed by atoms with Gasteiger partial charge in [0, 0.05) is 22.3 Å². The minimum Gasteiger partial charge on any atom is -0.481 e. The molecule has 0 aromatic heterocycles. The van der Waals surface area contributed by atoms with Crippen LogP contribution in [0.15, 0.2) is 5.11 Å². The second-order valence-corrected chi connectivity index (χ2v) is 7.96. The zero-order valence-corrected chi connectivity index (χ0v) is 18.0. The van der Waals surface area contributed by atoms with Crippen LogP contribution in [0.4, 0.5) is 4.79 Å². The quantitative estimate of drug-likeness (QED) is 0.0916. The normalized spacial score (nSPS) is 20.9. The van der Waals surface area contributed by atoms with Crippen LogP contribution in [0.5, 0.6) is 0 Å². The summed E-state index contributed by atoms with van der Waals surface area (Å²) in [6.07, 6.45) is 6.31. The standard InChI is InChI=1S/C10H16N2O3S.C5H14N2.C2H4N4O/c13-8(14)4-2-1-3-7-9-6(5-16-7)11-10(15)12-9;6-4-2-1-3-5-7;3-1-2(7)5-6-4/h6-7,9H,1-5H2,(H,13,14)(H2,11,12,15);1-7H2;1,3H2/t6-,7-,9-;;/m0../s1. The average Bonchev–Trinajstić information content (AvgIpc) is 3.26. The van der Waals surface area contributed by atoms with E-state index in [0.717, 1.165) is 50.9 Å². The van der Waals surface area contributed by atoms with Crippen LogP contribution in [0.25, 0.3) is 10.4 Å². The number of urea groups is 1. The van der Waals surface area contributed by atoms with Gasteiger partial charge in [-0.25, -0.2) is 4.79 Å². The van der Waals surface area contributed by atoms with Crippen molar-refractivity contribution in [3.63, 3.8) is 0 Å². The molecule has 3 atom stereocenters. The summed E-state index contributed by atoms with van der Waals surface area (Å²) in [6.45, 7) is 1.39. The number of fused-ring (bicyclic) bond motifs is 1. The molecule has 0 aliphatic carbocycles. The number of nitrogens with zero attached hydrogens (tertiary/aromatic N) is 3. The molecule has 0 spiro atoms. The van der Waals surface area contributed by atoms with Crippen LogP contribution in [0, 0.1) is 0 Å². The van der Waals surface area contributed by atoms with E-state index in [0.29, 0.717) is 5.25 Å². The van der Waals surface area contributed by atoms with E-state index >= 15 is 0 Å². The number of amides is 3. The van der Waals surface area contributed by atoms with E-state index in [4.69, 9.17) is 27.8 Å². The van der Waals surface area contributed by atoms with Gasteiger partial charge < -0.3 is 32.9 Å². The van der Waals surface area contributed by atoms with Gasteiger partial charge in [-0.3, -0.25) is 9.59 Å². The molecule has 0 unspecified atom stereocenters. The lowest BCUT2D eigenvalue weighted by Gasteiger charge is -2.16. The van der Waals surface area contributed by atoms with Crippen molar-refractivity contribution in [3.8, 4) is 0 Å². The van der Waals surface area contributed by atoms with Crippen molar-refractivity contribution in [1.29, 1.82) is 0 Å². The van der Waals surface area contributed by atoms with Crippen LogP contribution in [-0.4, -0.2) is 65.7 Å². The number of nitrogens with one attached hydrogen (secondary N) is 2. The summed E-state index contributed by atoms with van der Waals surface area (Å²) in [7, 11) is 0. The lowest BCUT2D eigenvalue weighted by atomic mass is 10.0. The predicted molar refractivity (Wildman–Crippen MR) is 117 cm³/mol. The van der Waals surface area contributed by atoms with Crippen LogP contribution < -0.4 is 27.8 Å². The van der Waals surface area contributed by atoms with Gasteiger partial charge in [0.15, 0.2) is 0 Å². The van der Waals surface area contributed by atoms with Gasteiger partial charge in [0.25, 0.3) is 0 Å². The molecule has 13 heteroatoms. The van der Waals surface area contributed by atoms with E-state index in [9.17, 15) is 14.4 Å². The smallest absolute Gasteiger partial charge is 0.315 e. The number of azide groups is 1. The zero-order valence-electron chi connectivity index (χ0n) is 17.2. The highest BCUT2D eigenvalue weighted by atomic mass is 32.2. The molecule has 0 bridgehead atoms. The third-order valence-corrected chi connectivity index (χ3v) is 5.82. The van der Waals surface area contributed by atoms with Gasteiger partial charge in [0.1, 0.15) is 0 Å². The number of carbonyl (C=O) groups excluding carboxylic acids is 2. The first kappa shape index (κ1) is 27.9. The molecule has 0 radical (unpaired) electrons. The van der Waals surface area contributed by atoms with Crippen molar-refractivity contribution in [1.82, 2.24) is 10.6 Å². The Morgan fingerprint density at radius 2 is 1.80 bits per heavy atom. The fraction of sp³-hybridized carbons (Fsp3) is 0.824. The summed E-state index contributed by atoms with van der Waals surface area (Å²) in [5.41, 5.74) is 22.8. The number of nitrogens with two attached hydrogens (primary N) is 3. The Morgan fingerprint density at radius 1 is 1.13 bits per heavy atom. The van der Waals surface area contributed by atoms with Gasteiger partial charge in [-0.15, -0.1) is 0 Å². The van der Waals surface area contributed by atoms with Crippen LogP contribution in [0.3, 0.4) is 0 Å². The fourth-order valence-corrected chi connectivity index (χ4v) is 4.36. The molecular formula is C17H34N8O4S. The van der Waals surface area contributed by atoms with Gasteiger partial charge in [-0.2, -0.15) is 11.8 Å². The maximum absolute atomic E-state index is 11.1. The molecule has 2 saturated heterocycles. The van der Waals surface area contributed by atoms with E-state index in [2.05, 4.69) is 20.7 Å². The molecule has 2 aliphatic heterocycles. The second kappa shape index (κ2) is 17.8. The van der Waals surface area contributed by atoms with E-state index in [1.54, 1.807) is 0 Å². The Labute approximate surface area is 180 Å². The van der Waals surface area contributed by atoms with Crippen molar-refractivity contribution in [2.45, 2.75) is 62.3 Å². The van der Waals surface area contributed by atoms with Crippen LogP contribution in [0.1, 0.15) is 44.9 Å². The lowest BCUT2D eigenvalue weighted by molar-refractivity contribution is -0.137. The van der Waals surface area contributed by atoms with Crippen molar-refractivity contribution >= 4 is 29.7 Å². The summed E-state index contributed by atoms with van der Waals surface area (Å²) in [5.74, 6) is -0.400. The molecule has 12 nitrogen and oxygen atoms in total. The topological polar surface area (TPSA) is 222 Å². The first-order valence-electron chi connectivity index (χ1n) is 9.98. The Kier molecular flexibility index (Phi) is 16.6. The Bertz CT molecular complexity index is 570. The molecule has 172 valence electrons. The van der Waals surface area contributed by atoms with Gasteiger partial charge in [0.05, 0.1) is 18.6 Å². The van der Waals surface area contributed by atoms with Crippen molar-refractivity contribution in [3.05, 3.63) is 10.4 Å². The molecule has 2 aliphatic rings. The molecular weight excluding hydrogens is 412 g/mol. The molecule has 0 saturated carbocycles. The Morgan fingerprint density at radius 3 is 2.30 bits per heavy atom. The summed E-state index contributed by atoms with van der Waals surface area (Å²) in [6, 6.07) is 0.440. The number of thioether (sulfide) groups is 1. The predicted octanol–water partition coefficient (Wildman–Crippen LogP) is 0.653. The molecule has 9 N–H and O–H groups in total.